The van der Waals surface area contributed by atoms with Crippen molar-refractivity contribution in [2.45, 2.75) is 4.90 Å². The molecule has 1 rings (SSSR count). The second kappa shape index (κ2) is 6.15. The number of hydrogen-bond donors (Lipinski definition) is 0. The Hall–Kier alpha value is -1.89. The van der Waals surface area contributed by atoms with Crippen LogP contribution in [0.5, 0.6) is 0 Å². The molecule has 94 valence electrons. The maximum atomic E-state index is 11.9. The summed E-state index contributed by atoms with van der Waals surface area (Å²) in [5.41, 5.74) is 0.426. The Labute approximate surface area is 107 Å². The summed E-state index contributed by atoms with van der Waals surface area (Å²) >= 11 is 0. The maximum absolute atomic E-state index is 11.9. The summed E-state index contributed by atoms with van der Waals surface area (Å²) in [5.74, 6) is -0.0446. The smallest absolute Gasteiger partial charge is 0.179 e. The van der Waals surface area contributed by atoms with E-state index in [2.05, 4.69) is 0 Å². The van der Waals surface area contributed by atoms with E-state index in [0.717, 1.165) is 0 Å². The topological polar surface area (TPSA) is 85.0 Å². The molecule has 0 atom stereocenters. The summed E-state index contributed by atoms with van der Waals surface area (Å²) in [4.78, 5) is 1.84. The van der Waals surface area contributed by atoms with Gasteiger partial charge in [0.05, 0.1) is 34.9 Å². The third-order valence-electron chi connectivity index (χ3n) is 2.42. The van der Waals surface area contributed by atoms with E-state index in [0.29, 0.717) is 12.1 Å². The molecule has 0 N–H and O–H groups in total. The van der Waals surface area contributed by atoms with Crippen LogP contribution in [0.1, 0.15) is 5.56 Å². The lowest BCUT2D eigenvalue weighted by Gasteiger charge is -2.12. The minimum Gasteiger partial charge on any atom is -0.293 e. The molecule has 0 bridgehead atoms. The van der Waals surface area contributed by atoms with Crippen LogP contribution in [0.4, 0.5) is 0 Å². The van der Waals surface area contributed by atoms with E-state index in [4.69, 9.17) is 10.5 Å². The van der Waals surface area contributed by atoms with Gasteiger partial charge in [0.25, 0.3) is 0 Å². The fourth-order valence-electron chi connectivity index (χ4n) is 1.33. The molecular weight excluding hydrogens is 250 g/mol. The van der Waals surface area contributed by atoms with Crippen LogP contribution in [0.2, 0.25) is 0 Å². The first kappa shape index (κ1) is 14.2. The minimum absolute atomic E-state index is 0.0446. The normalized spacial score (nSPS) is 10.9. The molecule has 0 radical (unpaired) electrons. The summed E-state index contributed by atoms with van der Waals surface area (Å²) in [6, 6.07) is 9.70. The van der Waals surface area contributed by atoms with Crippen LogP contribution in [0.3, 0.4) is 0 Å². The lowest BCUT2D eigenvalue weighted by Crippen LogP contribution is -2.26. The molecule has 0 aromatic heterocycles. The molecule has 0 aliphatic carbocycles. The summed E-state index contributed by atoms with van der Waals surface area (Å²) in [7, 11) is -1.67. The highest BCUT2D eigenvalue weighted by Gasteiger charge is 2.15. The molecule has 0 heterocycles. The first-order valence-electron chi connectivity index (χ1n) is 5.28. The number of benzene rings is 1. The maximum Gasteiger partial charge on any atom is 0.179 e. The molecule has 0 saturated carbocycles. The van der Waals surface area contributed by atoms with Crippen LogP contribution < -0.4 is 0 Å². The minimum atomic E-state index is -3.36. The van der Waals surface area contributed by atoms with Crippen molar-refractivity contribution in [1.82, 2.24) is 4.90 Å². The van der Waals surface area contributed by atoms with Gasteiger partial charge < -0.3 is 0 Å². The summed E-state index contributed by atoms with van der Waals surface area (Å²) in [5, 5.41) is 17.1. The number of sulfone groups is 1. The van der Waals surface area contributed by atoms with Gasteiger partial charge >= 0.3 is 0 Å². The molecule has 18 heavy (non-hydrogen) atoms. The molecule has 0 spiro atoms. The van der Waals surface area contributed by atoms with Crippen LogP contribution >= 0.6 is 0 Å². The average molecular weight is 263 g/mol. The van der Waals surface area contributed by atoms with Gasteiger partial charge in [0.2, 0.25) is 0 Å². The van der Waals surface area contributed by atoms with E-state index in [-0.39, 0.29) is 17.2 Å². The number of hydrogen-bond acceptors (Lipinski definition) is 5. The van der Waals surface area contributed by atoms with Crippen LogP contribution in [0, 0.1) is 22.7 Å². The van der Waals surface area contributed by atoms with Crippen LogP contribution in [0.15, 0.2) is 29.2 Å². The highest BCUT2D eigenvalue weighted by atomic mass is 32.2. The highest BCUT2D eigenvalue weighted by molar-refractivity contribution is 7.91. The first-order chi connectivity index (χ1) is 8.49. The predicted octanol–water partition coefficient (Wildman–Crippen LogP) is 0.787. The standard InChI is InChI=1S/C12H13N3O2S/c1-15(7-6-13)8-9-18(16,17)12-4-2-11(10-14)3-5-12/h2-5H,7-9H2,1H3. The third-order valence-corrected chi connectivity index (χ3v) is 4.14. The van der Waals surface area contributed by atoms with E-state index in [1.165, 1.54) is 24.3 Å². The van der Waals surface area contributed by atoms with E-state index >= 15 is 0 Å². The second-order valence-corrected chi connectivity index (χ2v) is 5.96. The van der Waals surface area contributed by atoms with Gasteiger partial charge in [-0.25, -0.2) is 8.42 Å². The Morgan fingerprint density at radius 3 is 2.33 bits per heavy atom. The lowest BCUT2D eigenvalue weighted by molar-refractivity contribution is 0.396. The fraction of sp³-hybridized carbons (Fsp3) is 0.333. The van der Waals surface area contributed by atoms with E-state index in [1.54, 1.807) is 11.9 Å². The fourth-order valence-corrected chi connectivity index (χ4v) is 2.67. The Morgan fingerprint density at radius 1 is 1.22 bits per heavy atom. The lowest BCUT2D eigenvalue weighted by atomic mass is 10.2. The van der Waals surface area contributed by atoms with Gasteiger partial charge in [0.15, 0.2) is 9.84 Å². The number of rotatable bonds is 5. The predicted molar refractivity (Wildman–Crippen MR) is 66.3 cm³/mol. The van der Waals surface area contributed by atoms with Crippen molar-refractivity contribution in [3.63, 3.8) is 0 Å². The highest BCUT2D eigenvalue weighted by Crippen LogP contribution is 2.12. The van der Waals surface area contributed by atoms with Gasteiger partial charge in [0.1, 0.15) is 0 Å². The SMILES string of the molecule is CN(CC#N)CCS(=O)(=O)c1ccc(C#N)cc1. The average Bonchev–Trinajstić information content (AvgIpc) is 2.37. The van der Waals surface area contributed by atoms with Crippen molar-refractivity contribution in [1.29, 1.82) is 10.5 Å². The van der Waals surface area contributed by atoms with Crippen molar-refractivity contribution >= 4 is 9.84 Å². The zero-order valence-electron chi connectivity index (χ0n) is 10.00. The molecular formula is C12H13N3O2S. The van der Waals surface area contributed by atoms with Crippen molar-refractivity contribution in [3.05, 3.63) is 29.8 Å². The summed E-state index contributed by atoms with van der Waals surface area (Å²) in [6.07, 6.45) is 0. The molecule has 5 nitrogen and oxygen atoms in total. The van der Waals surface area contributed by atoms with Crippen LogP contribution in [-0.2, 0) is 9.84 Å². The Bertz CT molecular complexity index is 579. The molecule has 1 aromatic rings. The van der Waals surface area contributed by atoms with E-state index < -0.39 is 9.84 Å². The van der Waals surface area contributed by atoms with Crippen LogP contribution in [-0.4, -0.2) is 39.2 Å². The molecule has 0 aliphatic heterocycles. The van der Waals surface area contributed by atoms with Crippen molar-refractivity contribution in [3.8, 4) is 12.1 Å². The van der Waals surface area contributed by atoms with Gasteiger partial charge in [-0.15, -0.1) is 0 Å². The van der Waals surface area contributed by atoms with Gasteiger partial charge in [-0.2, -0.15) is 10.5 Å². The van der Waals surface area contributed by atoms with E-state index in [9.17, 15) is 8.42 Å². The summed E-state index contributed by atoms with van der Waals surface area (Å²) in [6.45, 7) is 0.499. The van der Waals surface area contributed by atoms with Crippen molar-refractivity contribution < 1.29 is 8.42 Å². The molecule has 0 amide bonds. The molecule has 0 unspecified atom stereocenters. The second-order valence-electron chi connectivity index (χ2n) is 3.85. The van der Waals surface area contributed by atoms with Crippen molar-refractivity contribution in [2.75, 3.05) is 25.9 Å². The van der Waals surface area contributed by atoms with Gasteiger partial charge in [-0.05, 0) is 31.3 Å². The van der Waals surface area contributed by atoms with Crippen LogP contribution in [0.25, 0.3) is 0 Å². The number of nitriles is 2. The molecule has 0 fully saturated rings. The zero-order valence-corrected chi connectivity index (χ0v) is 10.8. The van der Waals surface area contributed by atoms with E-state index in [1.807, 2.05) is 12.1 Å². The molecule has 1 aromatic carbocycles. The quantitative estimate of drug-likeness (QED) is 0.733. The molecule has 6 heteroatoms. The largest absolute Gasteiger partial charge is 0.293 e. The van der Waals surface area contributed by atoms with Gasteiger partial charge in [-0.3, -0.25) is 4.90 Å². The third kappa shape index (κ3) is 3.85. The Morgan fingerprint density at radius 2 is 1.83 bits per heavy atom. The zero-order chi connectivity index (χ0) is 13.6. The molecule has 0 aliphatic rings. The Kier molecular flexibility index (Phi) is 4.85. The summed E-state index contributed by atoms with van der Waals surface area (Å²) < 4.78 is 23.9. The van der Waals surface area contributed by atoms with Gasteiger partial charge in [-0.1, -0.05) is 0 Å². The van der Waals surface area contributed by atoms with Crippen molar-refractivity contribution in [2.24, 2.45) is 0 Å². The Balaban J connectivity index is 2.75. The monoisotopic (exact) mass is 263 g/mol. The molecule has 0 saturated heterocycles. The first-order valence-corrected chi connectivity index (χ1v) is 6.93. The number of nitrogens with zero attached hydrogens (tertiary/aromatic N) is 3. The van der Waals surface area contributed by atoms with Gasteiger partial charge in [0, 0.05) is 6.54 Å².